The first-order valence-corrected chi connectivity index (χ1v) is 8.56. The minimum absolute atomic E-state index is 0.00704. The molecule has 1 fully saturated rings. The van der Waals surface area contributed by atoms with E-state index in [9.17, 15) is 4.79 Å². The number of aryl methyl sites for hydroxylation is 1. The highest BCUT2D eigenvalue weighted by Crippen LogP contribution is 2.29. The molecule has 134 valence electrons. The first-order valence-electron chi connectivity index (χ1n) is 8.56. The molecule has 2 aromatic rings. The Kier molecular flexibility index (Phi) is 5.21. The molecule has 0 radical (unpaired) electrons. The highest BCUT2D eigenvalue weighted by Gasteiger charge is 2.27. The molecule has 25 heavy (non-hydrogen) atoms. The predicted molar refractivity (Wildman–Crippen MR) is 93.1 cm³/mol. The van der Waals surface area contributed by atoms with E-state index in [0.29, 0.717) is 36.1 Å². The lowest BCUT2D eigenvalue weighted by Gasteiger charge is -2.31. The van der Waals surface area contributed by atoms with Crippen molar-refractivity contribution in [2.24, 2.45) is 0 Å². The van der Waals surface area contributed by atoms with Crippen molar-refractivity contribution in [2.45, 2.75) is 32.2 Å². The van der Waals surface area contributed by atoms with Gasteiger partial charge in [0.1, 0.15) is 23.7 Å². The lowest BCUT2D eigenvalue weighted by molar-refractivity contribution is 0.0709. The molecular formula is C18H24N4O3. The van der Waals surface area contributed by atoms with Gasteiger partial charge < -0.3 is 18.9 Å². The van der Waals surface area contributed by atoms with Gasteiger partial charge in [-0.1, -0.05) is 0 Å². The molecule has 0 aliphatic carbocycles. The van der Waals surface area contributed by atoms with Gasteiger partial charge in [-0.2, -0.15) is 0 Å². The van der Waals surface area contributed by atoms with Crippen LogP contribution in [0.15, 0.2) is 24.5 Å². The molecule has 7 heteroatoms. The van der Waals surface area contributed by atoms with Crippen molar-refractivity contribution in [3.63, 3.8) is 0 Å². The molecule has 1 aromatic heterocycles. The number of hydrogen-bond acceptors (Lipinski definition) is 5. The third-order valence-electron chi connectivity index (χ3n) is 4.73. The van der Waals surface area contributed by atoms with Gasteiger partial charge in [0.15, 0.2) is 0 Å². The largest absolute Gasteiger partial charge is 0.497 e. The fourth-order valence-electron chi connectivity index (χ4n) is 3.28. The van der Waals surface area contributed by atoms with E-state index in [0.717, 1.165) is 25.2 Å². The van der Waals surface area contributed by atoms with Gasteiger partial charge in [-0.15, -0.1) is 10.2 Å². The van der Waals surface area contributed by atoms with Crippen molar-refractivity contribution in [1.82, 2.24) is 19.7 Å². The zero-order valence-electron chi connectivity index (χ0n) is 14.9. The molecule has 0 saturated carbocycles. The lowest BCUT2D eigenvalue weighted by atomic mass is 9.95. The molecule has 0 atom stereocenters. The zero-order chi connectivity index (χ0) is 17.8. The maximum atomic E-state index is 12.8. The van der Waals surface area contributed by atoms with Crippen LogP contribution in [0.2, 0.25) is 0 Å². The number of piperidine rings is 1. The SMILES string of the molecule is CCn1cnnc1C1CCN(C(=O)c2cc(OC)cc(OC)c2)CC1. The Morgan fingerprint density at radius 2 is 1.80 bits per heavy atom. The van der Waals surface area contributed by atoms with Crippen LogP contribution in [0.1, 0.15) is 41.9 Å². The summed E-state index contributed by atoms with van der Waals surface area (Å²) >= 11 is 0. The fourth-order valence-corrected chi connectivity index (χ4v) is 3.28. The molecule has 1 aliphatic heterocycles. The van der Waals surface area contributed by atoms with Gasteiger partial charge in [0.2, 0.25) is 0 Å². The van der Waals surface area contributed by atoms with Gasteiger partial charge in [-0.05, 0) is 31.9 Å². The molecule has 0 spiro atoms. The smallest absolute Gasteiger partial charge is 0.254 e. The van der Waals surface area contributed by atoms with E-state index in [1.165, 1.54) is 0 Å². The molecule has 3 rings (SSSR count). The van der Waals surface area contributed by atoms with E-state index >= 15 is 0 Å². The van der Waals surface area contributed by atoms with Gasteiger partial charge >= 0.3 is 0 Å². The summed E-state index contributed by atoms with van der Waals surface area (Å²) in [5.41, 5.74) is 0.589. The van der Waals surface area contributed by atoms with Crippen molar-refractivity contribution in [3.8, 4) is 11.5 Å². The Labute approximate surface area is 147 Å². The lowest BCUT2D eigenvalue weighted by Crippen LogP contribution is -2.38. The van der Waals surface area contributed by atoms with Crippen molar-refractivity contribution >= 4 is 5.91 Å². The second-order valence-electron chi connectivity index (χ2n) is 6.14. The number of nitrogens with zero attached hydrogens (tertiary/aromatic N) is 4. The number of ether oxygens (including phenoxy) is 2. The van der Waals surface area contributed by atoms with Crippen LogP contribution in [0, 0.1) is 0 Å². The third kappa shape index (κ3) is 3.60. The van der Waals surface area contributed by atoms with E-state index in [4.69, 9.17) is 9.47 Å². The summed E-state index contributed by atoms with van der Waals surface area (Å²) in [7, 11) is 3.16. The number of aromatic nitrogens is 3. The van der Waals surface area contributed by atoms with Gasteiger partial charge in [0.05, 0.1) is 14.2 Å². The summed E-state index contributed by atoms with van der Waals surface area (Å²) in [4.78, 5) is 14.7. The molecule has 7 nitrogen and oxygen atoms in total. The van der Waals surface area contributed by atoms with Gasteiger partial charge in [-0.3, -0.25) is 4.79 Å². The van der Waals surface area contributed by atoms with Gasteiger partial charge in [0.25, 0.3) is 5.91 Å². The normalized spacial score (nSPS) is 15.2. The molecule has 0 N–H and O–H groups in total. The molecule has 2 heterocycles. The minimum atomic E-state index is 0.00704. The maximum Gasteiger partial charge on any atom is 0.254 e. The highest BCUT2D eigenvalue weighted by molar-refractivity contribution is 5.95. The number of amides is 1. The van der Waals surface area contributed by atoms with Crippen LogP contribution < -0.4 is 9.47 Å². The summed E-state index contributed by atoms with van der Waals surface area (Å²) in [6.45, 7) is 4.37. The Balaban J connectivity index is 1.69. The van der Waals surface area contributed by atoms with Crippen LogP contribution in [-0.2, 0) is 6.54 Å². The number of benzene rings is 1. The Bertz CT molecular complexity index is 713. The monoisotopic (exact) mass is 344 g/mol. The number of likely N-dealkylation sites (tertiary alicyclic amines) is 1. The van der Waals surface area contributed by atoms with Crippen molar-refractivity contribution in [1.29, 1.82) is 0 Å². The highest BCUT2D eigenvalue weighted by atomic mass is 16.5. The molecule has 1 aromatic carbocycles. The molecule has 1 amide bonds. The molecular weight excluding hydrogens is 320 g/mol. The average molecular weight is 344 g/mol. The fraction of sp³-hybridized carbons (Fsp3) is 0.500. The number of carbonyl (C=O) groups is 1. The van der Waals surface area contributed by atoms with E-state index in [1.807, 2.05) is 4.90 Å². The summed E-state index contributed by atoms with van der Waals surface area (Å²) in [5.74, 6) is 2.62. The number of rotatable bonds is 5. The topological polar surface area (TPSA) is 69.5 Å². The minimum Gasteiger partial charge on any atom is -0.497 e. The first kappa shape index (κ1) is 17.3. The molecule has 1 aliphatic rings. The zero-order valence-corrected chi connectivity index (χ0v) is 14.9. The van der Waals surface area contributed by atoms with Crippen LogP contribution in [0.3, 0.4) is 0 Å². The number of hydrogen-bond donors (Lipinski definition) is 0. The second kappa shape index (κ2) is 7.55. The van der Waals surface area contributed by atoms with Gasteiger partial charge in [-0.25, -0.2) is 0 Å². The summed E-state index contributed by atoms with van der Waals surface area (Å²) in [5, 5.41) is 8.27. The van der Waals surface area contributed by atoms with E-state index < -0.39 is 0 Å². The van der Waals surface area contributed by atoms with Crippen molar-refractivity contribution < 1.29 is 14.3 Å². The number of carbonyl (C=O) groups excluding carboxylic acids is 1. The van der Waals surface area contributed by atoms with Crippen LogP contribution in [0.5, 0.6) is 11.5 Å². The number of methoxy groups -OCH3 is 2. The Morgan fingerprint density at radius 1 is 1.16 bits per heavy atom. The standard InChI is InChI=1S/C18H24N4O3/c1-4-21-12-19-20-17(21)13-5-7-22(8-6-13)18(23)14-9-15(24-2)11-16(10-14)25-3/h9-13H,4-8H2,1-3H3. The van der Waals surface area contributed by atoms with E-state index in [1.54, 1.807) is 38.7 Å². The first-order chi connectivity index (χ1) is 12.2. The molecule has 0 bridgehead atoms. The molecule has 1 saturated heterocycles. The summed E-state index contributed by atoms with van der Waals surface area (Å²) in [6.07, 6.45) is 3.56. The van der Waals surface area contributed by atoms with Crippen molar-refractivity contribution in [3.05, 3.63) is 35.9 Å². The molecule has 0 unspecified atom stereocenters. The maximum absolute atomic E-state index is 12.8. The second-order valence-corrected chi connectivity index (χ2v) is 6.14. The van der Waals surface area contributed by atoms with Crippen molar-refractivity contribution in [2.75, 3.05) is 27.3 Å². The van der Waals surface area contributed by atoms with Crippen LogP contribution in [0.25, 0.3) is 0 Å². The van der Waals surface area contributed by atoms with Gasteiger partial charge in [0, 0.05) is 37.2 Å². The van der Waals surface area contributed by atoms with E-state index in [-0.39, 0.29) is 5.91 Å². The quantitative estimate of drug-likeness (QED) is 0.833. The van der Waals surface area contributed by atoms with E-state index in [2.05, 4.69) is 21.7 Å². The Morgan fingerprint density at radius 3 is 2.36 bits per heavy atom. The van der Waals surface area contributed by atoms with Crippen LogP contribution in [-0.4, -0.2) is 52.9 Å². The average Bonchev–Trinajstić information content (AvgIpc) is 3.15. The van der Waals surface area contributed by atoms with Crippen LogP contribution in [0.4, 0.5) is 0 Å². The third-order valence-corrected chi connectivity index (χ3v) is 4.73. The Hall–Kier alpha value is -2.57. The summed E-state index contributed by atoms with van der Waals surface area (Å²) in [6, 6.07) is 5.27. The van der Waals surface area contributed by atoms with Crippen LogP contribution >= 0.6 is 0 Å². The summed E-state index contributed by atoms with van der Waals surface area (Å²) < 4.78 is 12.6. The predicted octanol–water partition coefficient (Wildman–Crippen LogP) is 2.33.